The van der Waals surface area contributed by atoms with Gasteiger partial charge in [-0.1, -0.05) is 0 Å². The van der Waals surface area contributed by atoms with Gasteiger partial charge in [0.25, 0.3) is 0 Å². The van der Waals surface area contributed by atoms with Crippen molar-refractivity contribution >= 4 is 0 Å². The van der Waals surface area contributed by atoms with Gasteiger partial charge in [0.2, 0.25) is 0 Å². The number of nitrogens with zero attached hydrogens (tertiary/aromatic N) is 1. The number of aliphatic hydroxyl groups excluding tert-OH is 1. The summed E-state index contributed by atoms with van der Waals surface area (Å²) >= 11 is 0. The zero-order valence-electron chi connectivity index (χ0n) is 8.27. The van der Waals surface area contributed by atoms with Crippen molar-refractivity contribution in [2.24, 2.45) is 0 Å². The van der Waals surface area contributed by atoms with Crippen LogP contribution in [-0.4, -0.2) is 27.8 Å². The molecule has 1 heterocycles. The number of nitrogens with one attached hydrogen (secondary N) is 1. The Morgan fingerprint density at radius 1 is 1.50 bits per heavy atom. The molecule has 0 saturated carbocycles. The second-order valence-corrected chi connectivity index (χ2v) is 3.32. The summed E-state index contributed by atoms with van der Waals surface area (Å²) in [6.07, 6.45) is 1.89. The molecule has 1 unspecified atom stereocenters. The number of aromatic hydroxyl groups is 1. The van der Waals surface area contributed by atoms with E-state index in [1.807, 2.05) is 0 Å². The smallest absolute Gasteiger partial charge is 0.133 e. The molecule has 0 fully saturated rings. The number of hydrogen-bond acceptors (Lipinski definition) is 4. The minimum Gasteiger partial charge on any atom is -0.506 e. The summed E-state index contributed by atoms with van der Waals surface area (Å²) in [5.41, 5.74) is 0.883. The topological polar surface area (TPSA) is 65.4 Å². The molecule has 1 aromatic rings. The molecular formula is C10H16N2O2. The van der Waals surface area contributed by atoms with Gasteiger partial charge in [0.1, 0.15) is 5.75 Å². The molecule has 4 heteroatoms. The van der Waals surface area contributed by atoms with Crippen LogP contribution in [0.3, 0.4) is 0 Å². The lowest BCUT2D eigenvalue weighted by Crippen LogP contribution is -2.19. The number of aromatic nitrogens is 1. The van der Waals surface area contributed by atoms with Crippen molar-refractivity contribution in [3.05, 3.63) is 24.0 Å². The fraction of sp³-hybridized carbons (Fsp3) is 0.500. The highest BCUT2D eigenvalue weighted by Gasteiger charge is 1.96. The van der Waals surface area contributed by atoms with Crippen LogP contribution in [-0.2, 0) is 6.54 Å². The van der Waals surface area contributed by atoms with E-state index in [1.54, 1.807) is 19.1 Å². The van der Waals surface area contributed by atoms with Crippen molar-refractivity contribution in [2.75, 3.05) is 6.54 Å². The fourth-order valence-electron chi connectivity index (χ4n) is 1.05. The molecule has 3 N–H and O–H groups in total. The van der Waals surface area contributed by atoms with Gasteiger partial charge in [-0.3, -0.25) is 4.98 Å². The minimum atomic E-state index is -0.268. The van der Waals surface area contributed by atoms with E-state index in [9.17, 15) is 0 Å². The number of aliphatic hydroxyl groups is 1. The van der Waals surface area contributed by atoms with Gasteiger partial charge in [0, 0.05) is 6.54 Å². The molecule has 1 aromatic heterocycles. The summed E-state index contributed by atoms with van der Waals surface area (Å²) in [4.78, 5) is 4.02. The van der Waals surface area contributed by atoms with E-state index in [1.165, 1.54) is 6.20 Å². The Hall–Kier alpha value is -1.13. The lowest BCUT2D eigenvalue weighted by Gasteiger charge is -2.05. The highest BCUT2D eigenvalue weighted by molar-refractivity contribution is 5.17. The third-order valence-electron chi connectivity index (χ3n) is 1.85. The van der Waals surface area contributed by atoms with Crippen LogP contribution in [0.2, 0.25) is 0 Å². The Bertz CT molecular complexity index is 259. The summed E-state index contributed by atoms with van der Waals surface area (Å²) in [6.45, 7) is 3.19. The second kappa shape index (κ2) is 5.57. The average Bonchev–Trinajstić information content (AvgIpc) is 2.15. The quantitative estimate of drug-likeness (QED) is 0.605. The molecule has 1 atom stereocenters. The van der Waals surface area contributed by atoms with Gasteiger partial charge in [-0.15, -0.1) is 0 Å². The van der Waals surface area contributed by atoms with E-state index < -0.39 is 0 Å². The van der Waals surface area contributed by atoms with Crippen LogP contribution in [0, 0.1) is 0 Å². The molecule has 14 heavy (non-hydrogen) atoms. The summed E-state index contributed by atoms with van der Waals surface area (Å²) in [7, 11) is 0. The molecule has 78 valence electrons. The molecule has 4 nitrogen and oxygen atoms in total. The summed E-state index contributed by atoms with van der Waals surface area (Å²) in [6, 6.07) is 3.38. The number of rotatable bonds is 5. The first-order valence-corrected chi connectivity index (χ1v) is 4.71. The molecule has 0 bridgehead atoms. The van der Waals surface area contributed by atoms with Crippen molar-refractivity contribution in [2.45, 2.75) is 26.0 Å². The van der Waals surface area contributed by atoms with Gasteiger partial charge in [0.15, 0.2) is 0 Å². The highest BCUT2D eigenvalue weighted by Crippen LogP contribution is 2.05. The predicted molar refractivity (Wildman–Crippen MR) is 53.9 cm³/mol. The summed E-state index contributed by atoms with van der Waals surface area (Å²) in [5.74, 6) is 0.178. The van der Waals surface area contributed by atoms with Crippen LogP contribution in [0.25, 0.3) is 0 Å². The van der Waals surface area contributed by atoms with E-state index >= 15 is 0 Å². The molecule has 0 aliphatic carbocycles. The van der Waals surface area contributed by atoms with Crippen LogP contribution >= 0.6 is 0 Å². The van der Waals surface area contributed by atoms with E-state index in [-0.39, 0.29) is 11.9 Å². The van der Waals surface area contributed by atoms with E-state index in [0.29, 0.717) is 6.54 Å². The SMILES string of the molecule is CC(O)CCNCc1ccc(O)cn1. The third-order valence-corrected chi connectivity index (χ3v) is 1.85. The molecule has 0 amide bonds. The zero-order chi connectivity index (χ0) is 10.4. The first-order chi connectivity index (χ1) is 6.68. The molecule has 0 aromatic carbocycles. The minimum absolute atomic E-state index is 0.178. The van der Waals surface area contributed by atoms with Crippen molar-refractivity contribution in [1.82, 2.24) is 10.3 Å². The van der Waals surface area contributed by atoms with Crippen molar-refractivity contribution < 1.29 is 10.2 Å². The molecular weight excluding hydrogens is 180 g/mol. The largest absolute Gasteiger partial charge is 0.506 e. The predicted octanol–water partition coefficient (Wildman–Crippen LogP) is 0.648. The summed E-state index contributed by atoms with van der Waals surface area (Å²) < 4.78 is 0. The van der Waals surface area contributed by atoms with Crippen LogP contribution in [0.5, 0.6) is 5.75 Å². The van der Waals surface area contributed by atoms with Gasteiger partial charge in [0.05, 0.1) is 18.0 Å². The molecule has 0 spiro atoms. The summed E-state index contributed by atoms with van der Waals surface area (Å²) in [5, 5.41) is 21.1. The first kappa shape index (κ1) is 10.9. The van der Waals surface area contributed by atoms with Crippen LogP contribution in [0.4, 0.5) is 0 Å². The fourth-order valence-corrected chi connectivity index (χ4v) is 1.05. The van der Waals surface area contributed by atoms with E-state index in [0.717, 1.165) is 18.7 Å². The standard InChI is InChI=1S/C10H16N2O2/c1-8(13)4-5-11-6-9-2-3-10(14)7-12-9/h2-3,7-8,11,13-14H,4-6H2,1H3. The van der Waals surface area contributed by atoms with Gasteiger partial charge in [-0.2, -0.15) is 0 Å². The van der Waals surface area contributed by atoms with Crippen LogP contribution in [0.1, 0.15) is 19.0 Å². The highest BCUT2D eigenvalue weighted by atomic mass is 16.3. The maximum atomic E-state index is 9.00. The Morgan fingerprint density at radius 3 is 2.86 bits per heavy atom. The average molecular weight is 196 g/mol. The van der Waals surface area contributed by atoms with Crippen LogP contribution < -0.4 is 5.32 Å². The molecule has 0 saturated heterocycles. The number of hydrogen-bond donors (Lipinski definition) is 3. The molecule has 0 aliphatic rings. The van der Waals surface area contributed by atoms with Gasteiger partial charge in [-0.25, -0.2) is 0 Å². The van der Waals surface area contributed by atoms with E-state index in [2.05, 4.69) is 10.3 Å². The Labute approximate surface area is 83.6 Å². The molecule has 0 aliphatic heterocycles. The number of pyridine rings is 1. The maximum Gasteiger partial charge on any atom is 0.133 e. The Balaban J connectivity index is 2.21. The van der Waals surface area contributed by atoms with Crippen molar-refractivity contribution in [1.29, 1.82) is 0 Å². The normalized spacial score (nSPS) is 12.7. The zero-order valence-corrected chi connectivity index (χ0v) is 8.27. The van der Waals surface area contributed by atoms with Crippen molar-refractivity contribution in [3.8, 4) is 5.75 Å². The lowest BCUT2D eigenvalue weighted by molar-refractivity contribution is 0.183. The van der Waals surface area contributed by atoms with Gasteiger partial charge >= 0.3 is 0 Å². The Morgan fingerprint density at radius 2 is 2.29 bits per heavy atom. The first-order valence-electron chi connectivity index (χ1n) is 4.71. The molecule has 0 radical (unpaired) electrons. The third kappa shape index (κ3) is 4.20. The monoisotopic (exact) mass is 196 g/mol. The van der Waals surface area contributed by atoms with Gasteiger partial charge < -0.3 is 15.5 Å². The molecule has 1 rings (SSSR count). The Kier molecular flexibility index (Phi) is 4.35. The van der Waals surface area contributed by atoms with Gasteiger partial charge in [-0.05, 0) is 32.0 Å². The second-order valence-electron chi connectivity index (χ2n) is 3.32. The van der Waals surface area contributed by atoms with E-state index in [4.69, 9.17) is 10.2 Å². The van der Waals surface area contributed by atoms with Crippen LogP contribution in [0.15, 0.2) is 18.3 Å². The maximum absolute atomic E-state index is 9.00. The lowest BCUT2D eigenvalue weighted by atomic mass is 10.3. The van der Waals surface area contributed by atoms with Crippen molar-refractivity contribution in [3.63, 3.8) is 0 Å².